The normalized spacial score (nSPS) is 11.0. The van der Waals surface area contributed by atoms with Gasteiger partial charge in [0.2, 0.25) is 5.82 Å². The molecule has 4 aromatic rings. The molecule has 0 saturated carbocycles. The van der Waals surface area contributed by atoms with Crippen molar-refractivity contribution in [2.24, 2.45) is 0 Å². The van der Waals surface area contributed by atoms with Crippen LogP contribution in [-0.4, -0.2) is 38.7 Å². The Morgan fingerprint density at radius 2 is 1.60 bits per heavy atom. The number of aromatic nitrogens is 2. The molecule has 3 aromatic carbocycles. The highest BCUT2D eigenvalue weighted by Gasteiger charge is 2.18. The molecule has 0 atom stereocenters. The SMILES string of the molecule is COc1ccc(NS(=O)(=O)c2cccc(C(=O)OCc3nc(-c4ccc(OC)cc4)no3)c2)cc1. The van der Waals surface area contributed by atoms with Crippen LogP contribution in [0.15, 0.2) is 82.2 Å². The lowest BCUT2D eigenvalue weighted by Crippen LogP contribution is -2.14. The van der Waals surface area contributed by atoms with Crippen LogP contribution in [0.1, 0.15) is 16.2 Å². The molecule has 35 heavy (non-hydrogen) atoms. The maximum Gasteiger partial charge on any atom is 0.338 e. The van der Waals surface area contributed by atoms with Crippen molar-refractivity contribution in [3.05, 3.63) is 84.3 Å². The molecule has 180 valence electrons. The Labute approximate surface area is 201 Å². The van der Waals surface area contributed by atoms with Gasteiger partial charge >= 0.3 is 5.97 Å². The highest BCUT2D eigenvalue weighted by Crippen LogP contribution is 2.22. The fraction of sp³-hybridized carbons (Fsp3) is 0.125. The van der Waals surface area contributed by atoms with Crippen LogP contribution in [-0.2, 0) is 21.4 Å². The minimum atomic E-state index is -3.94. The van der Waals surface area contributed by atoms with E-state index in [1.54, 1.807) is 55.6 Å². The van der Waals surface area contributed by atoms with E-state index in [0.717, 1.165) is 0 Å². The number of carbonyl (C=O) groups is 1. The van der Waals surface area contributed by atoms with Crippen LogP contribution >= 0.6 is 0 Å². The molecule has 0 fully saturated rings. The van der Waals surface area contributed by atoms with Gasteiger partial charge < -0.3 is 18.7 Å². The molecule has 4 rings (SSSR count). The minimum absolute atomic E-state index is 0.0532. The lowest BCUT2D eigenvalue weighted by molar-refractivity contribution is 0.0429. The number of ether oxygens (including phenoxy) is 3. The van der Waals surface area contributed by atoms with E-state index in [1.807, 2.05) is 0 Å². The maximum atomic E-state index is 12.8. The number of carbonyl (C=O) groups excluding carboxylic acids is 1. The van der Waals surface area contributed by atoms with Crippen molar-refractivity contribution in [2.75, 3.05) is 18.9 Å². The molecule has 0 aliphatic rings. The summed E-state index contributed by atoms with van der Waals surface area (Å²) in [4.78, 5) is 16.6. The first-order valence-electron chi connectivity index (χ1n) is 10.3. The lowest BCUT2D eigenvalue weighted by atomic mass is 10.2. The van der Waals surface area contributed by atoms with E-state index in [1.165, 1.54) is 31.4 Å². The molecule has 0 radical (unpaired) electrons. The van der Waals surface area contributed by atoms with Gasteiger partial charge in [0, 0.05) is 11.3 Å². The number of benzene rings is 3. The number of anilines is 1. The third-order valence-electron chi connectivity index (χ3n) is 4.87. The number of esters is 1. The Hall–Kier alpha value is -4.38. The Morgan fingerprint density at radius 1 is 0.943 bits per heavy atom. The Kier molecular flexibility index (Phi) is 6.97. The molecule has 11 heteroatoms. The predicted octanol–water partition coefficient (Wildman–Crippen LogP) is 3.91. The van der Waals surface area contributed by atoms with Gasteiger partial charge in [-0.05, 0) is 66.7 Å². The lowest BCUT2D eigenvalue weighted by Gasteiger charge is -2.10. The monoisotopic (exact) mass is 495 g/mol. The molecule has 1 aromatic heterocycles. The van der Waals surface area contributed by atoms with E-state index in [2.05, 4.69) is 14.9 Å². The summed E-state index contributed by atoms with van der Waals surface area (Å²) in [6, 6.07) is 19.0. The smallest absolute Gasteiger partial charge is 0.338 e. The van der Waals surface area contributed by atoms with Gasteiger partial charge in [-0.2, -0.15) is 4.98 Å². The van der Waals surface area contributed by atoms with Crippen molar-refractivity contribution >= 4 is 21.7 Å². The summed E-state index contributed by atoms with van der Waals surface area (Å²) < 4.78 is 48.5. The number of nitrogens with one attached hydrogen (secondary N) is 1. The van der Waals surface area contributed by atoms with Crippen LogP contribution in [0.5, 0.6) is 11.5 Å². The fourth-order valence-electron chi connectivity index (χ4n) is 3.04. The van der Waals surface area contributed by atoms with Crippen LogP contribution in [0.3, 0.4) is 0 Å². The average molecular weight is 496 g/mol. The average Bonchev–Trinajstić information content (AvgIpc) is 3.37. The zero-order valence-electron chi connectivity index (χ0n) is 18.8. The summed E-state index contributed by atoms with van der Waals surface area (Å²) in [6.45, 7) is -0.275. The number of methoxy groups -OCH3 is 2. The second kappa shape index (κ2) is 10.3. The summed E-state index contributed by atoms with van der Waals surface area (Å²) in [6.07, 6.45) is 0. The first-order valence-corrected chi connectivity index (χ1v) is 11.8. The third kappa shape index (κ3) is 5.76. The van der Waals surface area contributed by atoms with Crippen molar-refractivity contribution in [1.82, 2.24) is 10.1 Å². The van der Waals surface area contributed by atoms with Crippen LogP contribution in [0.2, 0.25) is 0 Å². The van der Waals surface area contributed by atoms with Crippen LogP contribution in [0.25, 0.3) is 11.4 Å². The molecular formula is C24H21N3O7S. The maximum absolute atomic E-state index is 12.8. The number of rotatable bonds is 9. The molecule has 0 aliphatic heterocycles. The number of hydrogen-bond donors (Lipinski definition) is 1. The number of sulfonamides is 1. The van der Waals surface area contributed by atoms with E-state index in [0.29, 0.717) is 28.6 Å². The van der Waals surface area contributed by atoms with Crippen molar-refractivity contribution in [2.45, 2.75) is 11.5 Å². The Morgan fingerprint density at radius 3 is 2.26 bits per heavy atom. The molecule has 0 spiro atoms. The molecule has 0 bridgehead atoms. The second-order valence-corrected chi connectivity index (χ2v) is 8.86. The molecule has 0 unspecified atom stereocenters. The van der Waals surface area contributed by atoms with E-state index >= 15 is 0 Å². The summed E-state index contributed by atoms with van der Waals surface area (Å²) in [5.74, 6) is 0.964. The highest BCUT2D eigenvalue weighted by atomic mass is 32.2. The molecule has 1 N–H and O–H groups in total. The molecule has 10 nitrogen and oxygen atoms in total. The molecule has 0 aliphatic carbocycles. The topological polar surface area (TPSA) is 130 Å². The minimum Gasteiger partial charge on any atom is -0.497 e. The van der Waals surface area contributed by atoms with Crippen molar-refractivity contribution in [3.8, 4) is 22.9 Å². The summed E-state index contributed by atoms with van der Waals surface area (Å²) in [5, 5.41) is 3.88. The predicted molar refractivity (Wildman–Crippen MR) is 126 cm³/mol. The summed E-state index contributed by atoms with van der Waals surface area (Å²) >= 11 is 0. The standard InChI is InChI=1S/C24H21N3O7S/c1-31-19-10-6-16(7-11-19)23-25-22(34-26-23)15-33-24(28)17-4-3-5-21(14-17)35(29,30)27-18-8-12-20(32-2)13-9-18/h3-14,27H,15H2,1-2H3. The number of hydrogen-bond acceptors (Lipinski definition) is 9. The first kappa shape index (κ1) is 23.8. The summed E-state index contributed by atoms with van der Waals surface area (Å²) in [5.41, 5.74) is 1.11. The van der Waals surface area contributed by atoms with Gasteiger partial charge in [-0.15, -0.1) is 0 Å². The highest BCUT2D eigenvalue weighted by molar-refractivity contribution is 7.92. The third-order valence-corrected chi connectivity index (χ3v) is 6.24. The molecular weight excluding hydrogens is 474 g/mol. The zero-order valence-corrected chi connectivity index (χ0v) is 19.6. The fourth-order valence-corrected chi connectivity index (χ4v) is 4.15. The zero-order chi connectivity index (χ0) is 24.8. The van der Waals surface area contributed by atoms with Gasteiger partial charge in [-0.3, -0.25) is 4.72 Å². The van der Waals surface area contributed by atoms with Gasteiger partial charge in [0.25, 0.3) is 15.9 Å². The van der Waals surface area contributed by atoms with E-state index in [-0.39, 0.29) is 23.0 Å². The Balaban J connectivity index is 1.41. The van der Waals surface area contributed by atoms with Gasteiger partial charge in [-0.25, -0.2) is 13.2 Å². The van der Waals surface area contributed by atoms with Gasteiger partial charge in [0.1, 0.15) is 11.5 Å². The van der Waals surface area contributed by atoms with E-state index in [9.17, 15) is 13.2 Å². The van der Waals surface area contributed by atoms with Gasteiger partial charge in [-0.1, -0.05) is 11.2 Å². The summed E-state index contributed by atoms with van der Waals surface area (Å²) in [7, 11) is -0.853. The number of nitrogens with zero attached hydrogens (tertiary/aromatic N) is 2. The molecule has 0 saturated heterocycles. The van der Waals surface area contributed by atoms with Crippen LogP contribution < -0.4 is 14.2 Å². The van der Waals surface area contributed by atoms with Crippen molar-refractivity contribution in [1.29, 1.82) is 0 Å². The molecule has 1 heterocycles. The van der Waals surface area contributed by atoms with Crippen LogP contribution in [0.4, 0.5) is 5.69 Å². The van der Waals surface area contributed by atoms with Gasteiger partial charge in [0.15, 0.2) is 6.61 Å². The first-order chi connectivity index (χ1) is 16.9. The van der Waals surface area contributed by atoms with E-state index in [4.69, 9.17) is 18.7 Å². The van der Waals surface area contributed by atoms with Crippen molar-refractivity contribution < 1.29 is 31.9 Å². The van der Waals surface area contributed by atoms with Crippen LogP contribution in [0, 0.1) is 0 Å². The van der Waals surface area contributed by atoms with Gasteiger partial charge in [0.05, 0.1) is 24.7 Å². The Bertz CT molecular complexity index is 1420. The van der Waals surface area contributed by atoms with Crippen molar-refractivity contribution in [3.63, 3.8) is 0 Å². The van der Waals surface area contributed by atoms with E-state index < -0.39 is 16.0 Å². The molecule has 0 amide bonds. The second-order valence-electron chi connectivity index (χ2n) is 7.18. The largest absolute Gasteiger partial charge is 0.497 e. The quantitative estimate of drug-likeness (QED) is 0.343.